The van der Waals surface area contributed by atoms with E-state index in [9.17, 15) is 35.7 Å². The lowest BCUT2D eigenvalue weighted by Crippen LogP contribution is -2.59. The molecule has 2 fully saturated rings. The van der Waals surface area contributed by atoms with Crippen LogP contribution < -0.4 is 9.47 Å². The first-order chi connectivity index (χ1) is 18.1. The molecule has 38 heavy (non-hydrogen) atoms. The number of ether oxygens (including phenoxy) is 5. The van der Waals surface area contributed by atoms with Crippen molar-refractivity contribution in [2.45, 2.75) is 48.8 Å². The number of aliphatic hydroxyl groups is 5. The van der Waals surface area contributed by atoms with Gasteiger partial charge in [0.25, 0.3) is 0 Å². The van der Waals surface area contributed by atoms with Crippen molar-refractivity contribution in [1.29, 1.82) is 0 Å². The third-order valence-electron chi connectivity index (χ3n) is 7.20. The molecule has 12 nitrogen and oxygen atoms in total. The topological polar surface area (TPSA) is 188 Å². The average molecular weight is 539 g/mol. The van der Waals surface area contributed by atoms with Gasteiger partial charge in [-0.2, -0.15) is 0 Å². The number of aliphatic hydroxyl groups excluding tert-OH is 4. The van der Waals surface area contributed by atoms with Gasteiger partial charge in [-0.1, -0.05) is 12.1 Å². The molecule has 2 aromatic carbocycles. The zero-order valence-corrected chi connectivity index (χ0v) is 21.0. The van der Waals surface area contributed by atoms with Crippen molar-refractivity contribution in [3.05, 3.63) is 47.5 Å². The molecule has 8 atom stereocenters. The molecule has 0 bridgehead atoms. The fraction of sp³-hybridized carbons (Fsp3) is 0.538. The smallest absolute Gasteiger partial charge is 0.186 e. The Balaban J connectivity index is 1.62. The van der Waals surface area contributed by atoms with Crippen LogP contribution in [-0.2, 0) is 20.6 Å². The third-order valence-corrected chi connectivity index (χ3v) is 7.20. The number of hydrogen-bond acceptors (Lipinski definition) is 12. The Labute approximate surface area is 219 Å². The number of hydrogen-bond donors (Lipinski definition) is 7. The predicted octanol–water partition coefficient (Wildman–Crippen LogP) is -0.407. The second-order valence-electron chi connectivity index (χ2n) is 9.51. The van der Waals surface area contributed by atoms with Crippen LogP contribution in [0.5, 0.6) is 23.0 Å². The molecule has 2 aliphatic heterocycles. The van der Waals surface area contributed by atoms with E-state index in [4.69, 9.17) is 23.7 Å². The summed E-state index contributed by atoms with van der Waals surface area (Å²) in [6, 6.07) is 9.39. The monoisotopic (exact) mass is 538 g/mol. The number of phenols is 2. The van der Waals surface area contributed by atoms with Gasteiger partial charge in [-0.3, -0.25) is 0 Å². The second-order valence-corrected chi connectivity index (χ2v) is 9.51. The molecular weight excluding hydrogens is 504 g/mol. The number of phenolic OH excluding ortho intramolecular Hbond substituents is 2. The highest BCUT2D eigenvalue weighted by Gasteiger charge is 2.51. The van der Waals surface area contributed by atoms with Gasteiger partial charge in [-0.05, 0) is 35.4 Å². The lowest BCUT2D eigenvalue weighted by Gasteiger charge is -2.40. The maximum absolute atomic E-state index is 11.7. The SMILES string of the molecule is COc1cc(C[C@@]2(O)OC[C@H](c3ccc(O)c(OC)c3)[C@@H]2CO[C@@H]2O[C@H](CO)[C@@H](O)[C@H](O)[C@H]2O)ccc1O. The first-order valence-corrected chi connectivity index (χ1v) is 12.1. The minimum Gasteiger partial charge on any atom is -0.504 e. The fourth-order valence-corrected chi connectivity index (χ4v) is 4.98. The van der Waals surface area contributed by atoms with Gasteiger partial charge in [-0.25, -0.2) is 0 Å². The Morgan fingerprint density at radius 2 is 1.58 bits per heavy atom. The van der Waals surface area contributed by atoms with Crippen molar-refractivity contribution in [3.63, 3.8) is 0 Å². The highest BCUT2D eigenvalue weighted by molar-refractivity contribution is 5.44. The minimum atomic E-state index is -1.79. The van der Waals surface area contributed by atoms with Gasteiger partial charge < -0.3 is 59.4 Å². The van der Waals surface area contributed by atoms with Gasteiger partial charge in [0.1, 0.15) is 24.4 Å². The minimum absolute atomic E-state index is 0.0158. The normalized spacial score (nSPS) is 33.3. The summed E-state index contributed by atoms with van der Waals surface area (Å²) in [6.45, 7) is -0.759. The van der Waals surface area contributed by atoms with Crippen molar-refractivity contribution in [3.8, 4) is 23.0 Å². The third kappa shape index (κ3) is 5.53. The van der Waals surface area contributed by atoms with Crippen LogP contribution >= 0.6 is 0 Å². The average Bonchev–Trinajstić information content (AvgIpc) is 3.23. The largest absolute Gasteiger partial charge is 0.504 e. The highest BCUT2D eigenvalue weighted by Crippen LogP contribution is 2.45. The molecule has 0 unspecified atom stereocenters. The Hall–Kier alpha value is -2.68. The molecule has 0 amide bonds. The van der Waals surface area contributed by atoms with E-state index < -0.39 is 54.9 Å². The van der Waals surface area contributed by atoms with E-state index in [1.54, 1.807) is 24.3 Å². The van der Waals surface area contributed by atoms with E-state index in [0.29, 0.717) is 11.1 Å². The number of methoxy groups -OCH3 is 2. The first kappa shape index (κ1) is 28.3. The molecule has 0 saturated carbocycles. The Morgan fingerprint density at radius 1 is 0.921 bits per heavy atom. The molecule has 7 N–H and O–H groups in total. The zero-order chi connectivity index (χ0) is 27.6. The van der Waals surface area contributed by atoms with Crippen LogP contribution in [0.25, 0.3) is 0 Å². The van der Waals surface area contributed by atoms with E-state index in [1.807, 2.05) is 0 Å². The van der Waals surface area contributed by atoms with Crippen LogP contribution in [0.1, 0.15) is 17.0 Å². The molecule has 12 heteroatoms. The molecule has 0 aromatic heterocycles. The summed E-state index contributed by atoms with van der Waals surface area (Å²) < 4.78 is 27.6. The summed E-state index contributed by atoms with van der Waals surface area (Å²) in [6.07, 6.45) is -7.35. The van der Waals surface area contributed by atoms with Gasteiger partial charge in [0.05, 0.1) is 34.0 Å². The summed E-state index contributed by atoms with van der Waals surface area (Å²) in [7, 11) is 2.82. The molecule has 2 saturated heterocycles. The Morgan fingerprint density at radius 3 is 2.24 bits per heavy atom. The maximum atomic E-state index is 11.7. The molecule has 2 heterocycles. The molecule has 2 aromatic rings. The summed E-state index contributed by atoms with van der Waals surface area (Å²) in [5, 5.41) is 71.8. The number of rotatable bonds is 9. The Kier molecular flexibility index (Phi) is 8.65. The quantitative estimate of drug-likeness (QED) is 0.219. The van der Waals surface area contributed by atoms with Gasteiger partial charge in [-0.15, -0.1) is 0 Å². The molecule has 4 rings (SSSR count). The van der Waals surface area contributed by atoms with Crippen molar-refractivity contribution in [1.82, 2.24) is 0 Å². The molecule has 2 aliphatic rings. The van der Waals surface area contributed by atoms with Crippen LogP contribution in [0.15, 0.2) is 36.4 Å². The van der Waals surface area contributed by atoms with E-state index in [0.717, 1.165) is 0 Å². The van der Waals surface area contributed by atoms with Crippen LogP contribution in [0.4, 0.5) is 0 Å². The van der Waals surface area contributed by atoms with Crippen molar-refractivity contribution >= 4 is 0 Å². The van der Waals surface area contributed by atoms with Crippen LogP contribution in [0.3, 0.4) is 0 Å². The molecule has 0 spiro atoms. The van der Waals surface area contributed by atoms with Gasteiger partial charge in [0.15, 0.2) is 35.1 Å². The Bertz CT molecular complexity index is 1090. The summed E-state index contributed by atoms with van der Waals surface area (Å²) in [5.74, 6) is -2.68. The fourth-order valence-electron chi connectivity index (χ4n) is 4.98. The molecule has 0 aliphatic carbocycles. The van der Waals surface area contributed by atoms with Crippen molar-refractivity contribution < 1.29 is 59.4 Å². The number of aromatic hydroxyl groups is 2. The second kappa shape index (κ2) is 11.6. The van der Waals surface area contributed by atoms with Gasteiger partial charge in [0.2, 0.25) is 0 Å². The molecular formula is C26H34O12. The predicted molar refractivity (Wildman–Crippen MR) is 130 cm³/mol. The zero-order valence-electron chi connectivity index (χ0n) is 21.0. The lowest BCUT2D eigenvalue weighted by atomic mass is 9.81. The van der Waals surface area contributed by atoms with E-state index in [1.165, 1.54) is 26.4 Å². The van der Waals surface area contributed by atoms with Crippen molar-refractivity contribution in [2.75, 3.05) is 34.0 Å². The number of benzene rings is 2. The van der Waals surface area contributed by atoms with Crippen LogP contribution in [-0.4, -0.2) is 106 Å². The van der Waals surface area contributed by atoms with E-state index >= 15 is 0 Å². The lowest BCUT2D eigenvalue weighted by molar-refractivity contribution is -0.308. The molecule has 210 valence electrons. The van der Waals surface area contributed by atoms with Gasteiger partial charge >= 0.3 is 0 Å². The summed E-state index contributed by atoms with van der Waals surface area (Å²) in [5.41, 5.74) is 1.28. The highest BCUT2D eigenvalue weighted by atomic mass is 16.7. The van der Waals surface area contributed by atoms with E-state index in [2.05, 4.69) is 0 Å². The summed E-state index contributed by atoms with van der Waals surface area (Å²) in [4.78, 5) is 0. The standard InChI is InChI=1S/C26H34O12/c1-34-19-7-13(3-5-17(19)28)9-26(33)16(12-36-25-24(32)23(31)22(30)21(10-27)38-25)15(11-37-26)14-4-6-18(29)20(8-14)35-2/h3-8,15-16,21-25,27-33H,9-12H2,1-2H3/t15-,16+,21-,22-,23+,24-,25-,26-/m1/s1. The summed E-state index contributed by atoms with van der Waals surface area (Å²) >= 11 is 0. The van der Waals surface area contributed by atoms with Crippen molar-refractivity contribution in [2.24, 2.45) is 5.92 Å². The van der Waals surface area contributed by atoms with Gasteiger partial charge in [0, 0.05) is 18.3 Å². The molecule has 0 radical (unpaired) electrons. The van der Waals surface area contributed by atoms with Crippen LogP contribution in [0, 0.1) is 5.92 Å². The van der Waals surface area contributed by atoms with E-state index in [-0.39, 0.29) is 42.6 Å². The maximum Gasteiger partial charge on any atom is 0.186 e. The first-order valence-electron chi connectivity index (χ1n) is 12.1. The van der Waals surface area contributed by atoms with Crippen LogP contribution in [0.2, 0.25) is 0 Å².